The topological polar surface area (TPSA) is 41.1 Å². The molecular weight excluding hydrogens is 338 g/mol. The van der Waals surface area contributed by atoms with Crippen LogP contribution in [0, 0.1) is 9.49 Å². The van der Waals surface area contributed by atoms with E-state index in [1.165, 1.54) is 0 Å². The van der Waals surface area contributed by atoms with Gasteiger partial charge in [0.05, 0.1) is 10.7 Å². The minimum Gasteiger partial charge on any atom is -0.324 e. The smallest absolute Gasteiger partial charge is 0.228 e. The highest BCUT2D eigenvalue weighted by molar-refractivity contribution is 14.1. The number of hydrogen-bond acceptors (Lipinski definition) is 2. The molecule has 0 saturated carbocycles. The largest absolute Gasteiger partial charge is 0.324 e. The van der Waals surface area contributed by atoms with Gasteiger partial charge in [0.2, 0.25) is 5.91 Å². The van der Waals surface area contributed by atoms with Gasteiger partial charge in [-0.1, -0.05) is 18.5 Å². The molecule has 0 aliphatic carbocycles. The molecule has 0 bridgehead atoms. The first kappa shape index (κ1) is 13.7. The van der Waals surface area contributed by atoms with Crippen molar-refractivity contribution in [1.29, 1.82) is 0 Å². The predicted molar refractivity (Wildman–Crippen MR) is 75.9 cm³/mol. The Labute approximate surface area is 114 Å². The number of amides is 1. The van der Waals surface area contributed by atoms with Crippen molar-refractivity contribution < 1.29 is 4.79 Å². The number of carbonyl (C=O) groups excluding carboxylic acids is 1. The molecule has 88 valence electrons. The summed E-state index contributed by atoms with van der Waals surface area (Å²) in [4.78, 5) is 11.7. The van der Waals surface area contributed by atoms with Gasteiger partial charge in [0.1, 0.15) is 0 Å². The Morgan fingerprint density at radius 3 is 2.81 bits per heavy atom. The second-order valence-electron chi connectivity index (χ2n) is 3.57. The third kappa shape index (κ3) is 3.92. The zero-order valence-electron chi connectivity index (χ0n) is 9.18. The summed E-state index contributed by atoms with van der Waals surface area (Å²) in [7, 11) is 1.82. The molecule has 0 aliphatic heterocycles. The van der Waals surface area contributed by atoms with E-state index in [9.17, 15) is 4.79 Å². The second-order valence-corrected chi connectivity index (χ2v) is 5.22. The number of hydrogen-bond donors (Lipinski definition) is 2. The van der Waals surface area contributed by atoms with E-state index in [0.29, 0.717) is 17.3 Å². The van der Waals surface area contributed by atoms with Crippen LogP contribution in [0.1, 0.15) is 6.92 Å². The molecule has 0 fully saturated rings. The summed E-state index contributed by atoms with van der Waals surface area (Å²) >= 11 is 8.20. The highest BCUT2D eigenvalue weighted by Crippen LogP contribution is 2.24. The molecule has 16 heavy (non-hydrogen) atoms. The van der Waals surface area contributed by atoms with Crippen molar-refractivity contribution in [2.24, 2.45) is 5.92 Å². The average molecular weight is 353 g/mol. The maximum absolute atomic E-state index is 11.7. The molecule has 0 heterocycles. The molecule has 5 heteroatoms. The van der Waals surface area contributed by atoms with Gasteiger partial charge in [-0.15, -0.1) is 0 Å². The van der Waals surface area contributed by atoms with E-state index in [1.54, 1.807) is 0 Å². The zero-order valence-corrected chi connectivity index (χ0v) is 12.1. The van der Waals surface area contributed by atoms with Crippen LogP contribution in [0.15, 0.2) is 18.2 Å². The Kier molecular flexibility index (Phi) is 5.51. The third-order valence-corrected chi connectivity index (χ3v) is 3.13. The molecule has 3 nitrogen and oxygen atoms in total. The van der Waals surface area contributed by atoms with Crippen molar-refractivity contribution in [3.8, 4) is 0 Å². The summed E-state index contributed by atoms with van der Waals surface area (Å²) in [5.41, 5.74) is 0.662. The number of nitrogens with one attached hydrogen (secondary N) is 2. The fraction of sp³-hybridized carbons (Fsp3) is 0.364. The molecule has 1 aromatic rings. The SMILES string of the molecule is CNCC(C)C(=O)Nc1ccc(I)cc1Cl. The van der Waals surface area contributed by atoms with Crippen LogP contribution >= 0.6 is 34.2 Å². The quantitative estimate of drug-likeness (QED) is 0.818. The van der Waals surface area contributed by atoms with Crippen LogP contribution in [-0.2, 0) is 4.79 Å². The summed E-state index contributed by atoms with van der Waals surface area (Å²) in [5.74, 6) is -0.113. The molecule has 0 radical (unpaired) electrons. The van der Waals surface area contributed by atoms with Gasteiger partial charge >= 0.3 is 0 Å². The molecule has 1 atom stereocenters. The molecule has 1 aromatic carbocycles. The molecule has 1 rings (SSSR count). The zero-order chi connectivity index (χ0) is 12.1. The van der Waals surface area contributed by atoms with E-state index in [-0.39, 0.29) is 11.8 Å². The van der Waals surface area contributed by atoms with E-state index < -0.39 is 0 Å². The van der Waals surface area contributed by atoms with Crippen molar-refractivity contribution in [2.45, 2.75) is 6.92 Å². The van der Waals surface area contributed by atoms with Gasteiger partial charge in [-0.2, -0.15) is 0 Å². The van der Waals surface area contributed by atoms with E-state index in [4.69, 9.17) is 11.6 Å². The summed E-state index contributed by atoms with van der Waals surface area (Å²) in [5, 5.41) is 6.34. The van der Waals surface area contributed by atoms with Crippen molar-refractivity contribution in [2.75, 3.05) is 18.9 Å². The molecular formula is C11H14ClIN2O. The lowest BCUT2D eigenvalue weighted by molar-refractivity contribution is -0.119. The van der Waals surface area contributed by atoms with Crippen molar-refractivity contribution in [1.82, 2.24) is 5.32 Å². The van der Waals surface area contributed by atoms with E-state index in [1.807, 2.05) is 32.2 Å². The van der Waals surface area contributed by atoms with Crippen LogP contribution in [0.3, 0.4) is 0 Å². The van der Waals surface area contributed by atoms with E-state index in [2.05, 4.69) is 33.2 Å². The highest BCUT2D eigenvalue weighted by Gasteiger charge is 2.13. The molecule has 0 aromatic heterocycles. The fourth-order valence-electron chi connectivity index (χ4n) is 1.25. The number of halogens is 2. The summed E-state index contributed by atoms with van der Waals surface area (Å²) < 4.78 is 1.05. The van der Waals surface area contributed by atoms with Gasteiger partial charge < -0.3 is 10.6 Å². The van der Waals surface area contributed by atoms with Crippen LogP contribution in [0.4, 0.5) is 5.69 Å². The van der Waals surface area contributed by atoms with Crippen LogP contribution in [-0.4, -0.2) is 19.5 Å². The maximum Gasteiger partial charge on any atom is 0.228 e. The van der Waals surface area contributed by atoms with Gasteiger partial charge in [0.15, 0.2) is 0 Å². The number of benzene rings is 1. The number of carbonyl (C=O) groups is 1. The van der Waals surface area contributed by atoms with Crippen molar-refractivity contribution in [3.63, 3.8) is 0 Å². The Balaban J connectivity index is 2.69. The van der Waals surface area contributed by atoms with Crippen molar-refractivity contribution >= 4 is 45.8 Å². The first-order valence-corrected chi connectivity index (χ1v) is 6.40. The predicted octanol–water partition coefficient (Wildman–Crippen LogP) is 2.74. The van der Waals surface area contributed by atoms with Crippen LogP contribution in [0.5, 0.6) is 0 Å². The van der Waals surface area contributed by atoms with Gasteiger partial charge in [-0.25, -0.2) is 0 Å². The van der Waals surface area contributed by atoms with Gasteiger partial charge in [0.25, 0.3) is 0 Å². The highest BCUT2D eigenvalue weighted by atomic mass is 127. The molecule has 1 amide bonds. The Hall–Kier alpha value is -0.330. The normalized spacial score (nSPS) is 12.2. The molecule has 1 unspecified atom stereocenters. The average Bonchev–Trinajstić information content (AvgIpc) is 2.22. The summed E-state index contributed by atoms with van der Waals surface area (Å²) in [6, 6.07) is 5.54. The van der Waals surface area contributed by atoms with Gasteiger partial charge in [-0.3, -0.25) is 4.79 Å². The van der Waals surface area contributed by atoms with Crippen molar-refractivity contribution in [3.05, 3.63) is 26.8 Å². The lowest BCUT2D eigenvalue weighted by atomic mass is 10.1. The monoisotopic (exact) mass is 352 g/mol. The van der Waals surface area contributed by atoms with Gasteiger partial charge in [-0.05, 0) is 47.8 Å². The first-order chi connectivity index (χ1) is 7.54. The Bertz CT molecular complexity index is 384. The first-order valence-electron chi connectivity index (χ1n) is 4.95. The van der Waals surface area contributed by atoms with E-state index >= 15 is 0 Å². The lowest BCUT2D eigenvalue weighted by Gasteiger charge is -2.12. The molecule has 0 saturated heterocycles. The standard InChI is InChI=1S/C11H14ClIN2O/c1-7(6-14-2)11(16)15-10-4-3-8(13)5-9(10)12/h3-5,7,14H,6H2,1-2H3,(H,15,16). The molecule has 0 spiro atoms. The Morgan fingerprint density at radius 1 is 1.56 bits per heavy atom. The number of anilines is 1. The third-order valence-electron chi connectivity index (χ3n) is 2.15. The Morgan fingerprint density at radius 2 is 2.25 bits per heavy atom. The number of rotatable bonds is 4. The van der Waals surface area contributed by atoms with Gasteiger partial charge in [0, 0.05) is 16.0 Å². The summed E-state index contributed by atoms with van der Waals surface area (Å²) in [6.45, 7) is 2.51. The summed E-state index contributed by atoms with van der Waals surface area (Å²) in [6.07, 6.45) is 0. The molecule has 0 aliphatic rings. The maximum atomic E-state index is 11.7. The van der Waals surface area contributed by atoms with Crippen LogP contribution < -0.4 is 10.6 Å². The second kappa shape index (κ2) is 6.42. The van der Waals surface area contributed by atoms with Crippen LogP contribution in [0.25, 0.3) is 0 Å². The lowest BCUT2D eigenvalue weighted by Crippen LogP contribution is -2.28. The van der Waals surface area contributed by atoms with Crippen LogP contribution in [0.2, 0.25) is 5.02 Å². The van der Waals surface area contributed by atoms with E-state index in [0.717, 1.165) is 3.57 Å². The minimum absolute atomic E-state index is 0.0301. The molecule has 2 N–H and O–H groups in total. The minimum atomic E-state index is -0.0830. The fourth-order valence-corrected chi connectivity index (χ4v) is 2.15.